The van der Waals surface area contributed by atoms with Crippen molar-refractivity contribution < 1.29 is 0 Å². The average molecular weight is 219 g/mol. The number of thiocarbonyl (C=S) groups is 1. The highest BCUT2D eigenvalue weighted by atomic mass is 32.2. The van der Waals surface area contributed by atoms with Crippen LogP contribution in [0.1, 0.15) is 27.2 Å². The van der Waals surface area contributed by atoms with Crippen LogP contribution in [0.2, 0.25) is 0 Å². The number of thioether (sulfide) groups is 2. The second-order valence-corrected chi connectivity index (χ2v) is 6.80. The van der Waals surface area contributed by atoms with Crippen LogP contribution < -0.4 is 0 Å². The van der Waals surface area contributed by atoms with Crippen LogP contribution in [-0.4, -0.2) is 14.0 Å². The normalized spacial score (nSPS) is 10.8. The van der Waals surface area contributed by atoms with Crippen LogP contribution in [0.15, 0.2) is 0 Å². The summed E-state index contributed by atoms with van der Waals surface area (Å²) < 4.78 is 1.09. The van der Waals surface area contributed by atoms with Crippen LogP contribution in [0.4, 0.5) is 0 Å². The highest BCUT2D eigenvalue weighted by Crippen LogP contribution is 2.32. The number of nitrogens with zero attached hydrogens (tertiary/aromatic N) is 1. The Kier molecular flexibility index (Phi) is 5.98. The summed E-state index contributed by atoms with van der Waals surface area (Å²) in [6.07, 6.45) is 1.09. The third-order valence-electron chi connectivity index (χ3n) is 1.47. The van der Waals surface area contributed by atoms with E-state index in [0.29, 0.717) is 5.75 Å². The molecule has 0 fully saturated rings. The predicted octanol–water partition coefficient (Wildman–Crippen LogP) is 3.45. The van der Waals surface area contributed by atoms with Gasteiger partial charge in [0.15, 0.2) is 0 Å². The minimum absolute atomic E-state index is 0.208. The molecule has 0 saturated heterocycles. The molecule has 0 amide bonds. The lowest BCUT2D eigenvalue weighted by atomic mass is 10.1. The Balaban J connectivity index is 3.78. The summed E-state index contributed by atoms with van der Waals surface area (Å²) in [7, 11) is 0. The number of hydrogen-bond acceptors (Lipinski definition) is 4. The average Bonchev–Trinajstić information content (AvgIpc) is 2.00. The zero-order valence-electron chi connectivity index (χ0n) is 7.59. The van der Waals surface area contributed by atoms with Crippen molar-refractivity contribution in [1.29, 1.82) is 5.26 Å². The smallest absolute Gasteiger partial charge is 0.105 e. The Morgan fingerprint density at radius 2 is 2.17 bits per heavy atom. The van der Waals surface area contributed by atoms with Crippen LogP contribution in [0.25, 0.3) is 0 Å². The van der Waals surface area contributed by atoms with Crippen molar-refractivity contribution in [3.05, 3.63) is 0 Å². The molecule has 0 aliphatic rings. The molecule has 0 aliphatic heterocycles. The van der Waals surface area contributed by atoms with Gasteiger partial charge in [0.25, 0.3) is 0 Å². The molecule has 0 rings (SSSR count). The first kappa shape index (κ1) is 12.3. The predicted molar refractivity (Wildman–Crippen MR) is 62.6 cm³/mol. The van der Waals surface area contributed by atoms with Crippen molar-refractivity contribution in [3.63, 3.8) is 0 Å². The zero-order valence-corrected chi connectivity index (χ0v) is 10.0. The van der Waals surface area contributed by atoms with E-state index in [-0.39, 0.29) is 4.75 Å². The molecule has 0 aromatic rings. The summed E-state index contributed by atoms with van der Waals surface area (Å²) in [5, 5.41) is 8.33. The largest absolute Gasteiger partial charge is 0.197 e. The Morgan fingerprint density at radius 3 is 2.58 bits per heavy atom. The number of hydrogen-bond donors (Lipinski definition) is 0. The van der Waals surface area contributed by atoms with Gasteiger partial charge in [0.1, 0.15) is 3.53 Å². The van der Waals surface area contributed by atoms with Gasteiger partial charge in [-0.2, -0.15) is 5.26 Å². The van der Waals surface area contributed by atoms with Crippen LogP contribution in [0.3, 0.4) is 0 Å². The first-order valence-electron chi connectivity index (χ1n) is 3.74. The lowest BCUT2D eigenvalue weighted by Gasteiger charge is -2.21. The molecule has 0 aromatic carbocycles. The van der Waals surface area contributed by atoms with Gasteiger partial charge in [-0.1, -0.05) is 44.8 Å². The van der Waals surface area contributed by atoms with Gasteiger partial charge in [0.05, 0.1) is 11.8 Å². The van der Waals surface area contributed by atoms with Crippen LogP contribution in [-0.2, 0) is 0 Å². The van der Waals surface area contributed by atoms with Gasteiger partial charge in [-0.3, -0.25) is 0 Å². The Labute approximate surface area is 88.3 Å². The van der Waals surface area contributed by atoms with Crippen molar-refractivity contribution in [2.75, 3.05) is 5.75 Å². The maximum Gasteiger partial charge on any atom is 0.105 e. The standard InChI is InChI=1S/C8H13NS3/c1-4-8(2,3)12-7(10)11-6-5-9/h4,6H2,1-3H3. The van der Waals surface area contributed by atoms with Gasteiger partial charge in [-0.05, 0) is 6.42 Å². The maximum atomic E-state index is 8.33. The molecule has 4 heteroatoms. The monoisotopic (exact) mass is 219 g/mol. The van der Waals surface area contributed by atoms with Gasteiger partial charge in [0, 0.05) is 4.75 Å². The molecule has 0 saturated carbocycles. The number of rotatable bonds is 3. The minimum atomic E-state index is 0.208. The molecular formula is C8H13NS3. The molecule has 0 heterocycles. The van der Waals surface area contributed by atoms with E-state index in [2.05, 4.69) is 26.8 Å². The second kappa shape index (κ2) is 5.85. The maximum absolute atomic E-state index is 8.33. The van der Waals surface area contributed by atoms with Crippen LogP contribution >= 0.6 is 35.7 Å². The van der Waals surface area contributed by atoms with Crippen molar-refractivity contribution in [2.24, 2.45) is 0 Å². The zero-order chi connectivity index (χ0) is 9.61. The third-order valence-corrected chi connectivity index (χ3v) is 4.19. The van der Waals surface area contributed by atoms with E-state index in [1.807, 2.05) is 0 Å². The quantitative estimate of drug-likeness (QED) is 0.678. The molecule has 0 spiro atoms. The molecule has 0 unspecified atom stereocenters. The molecule has 68 valence electrons. The lowest BCUT2D eigenvalue weighted by molar-refractivity contribution is 0.689. The lowest BCUT2D eigenvalue weighted by Crippen LogP contribution is -2.14. The summed E-state index contributed by atoms with van der Waals surface area (Å²) in [4.78, 5) is 0. The Hall–Kier alpha value is 0.280. The Morgan fingerprint density at radius 1 is 1.58 bits per heavy atom. The molecule has 12 heavy (non-hydrogen) atoms. The summed E-state index contributed by atoms with van der Waals surface area (Å²) in [5.41, 5.74) is 0. The van der Waals surface area contributed by atoms with E-state index in [1.54, 1.807) is 11.8 Å². The van der Waals surface area contributed by atoms with E-state index in [9.17, 15) is 0 Å². The minimum Gasteiger partial charge on any atom is -0.197 e. The van der Waals surface area contributed by atoms with E-state index in [1.165, 1.54) is 11.8 Å². The fraction of sp³-hybridized carbons (Fsp3) is 0.750. The fourth-order valence-corrected chi connectivity index (χ4v) is 3.14. The molecule has 0 aliphatic carbocycles. The molecular weight excluding hydrogens is 206 g/mol. The molecule has 0 atom stereocenters. The SMILES string of the molecule is CCC(C)(C)SC(=S)SCC#N. The van der Waals surface area contributed by atoms with Crippen molar-refractivity contribution in [1.82, 2.24) is 0 Å². The fourth-order valence-electron chi connectivity index (χ4n) is 0.418. The van der Waals surface area contributed by atoms with Gasteiger partial charge in [-0.25, -0.2) is 0 Å². The summed E-state index contributed by atoms with van der Waals surface area (Å²) in [5.74, 6) is 0.464. The molecule has 0 bridgehead atoms. The second-order valence-electron chi connectivity index (χ2n) is 2.91. The van der Waals surface area contributed by atoms with Gasteiger partial charge in [-0.15, -0.1) is 11.8 Å². The molecule has 0 aromatic heterocycles. The Bertz CT molecular complexity index is 193. The molecule has 1 nitrogen and oxygen atoms in total. The van der Waals surface area contributed by atoms with Crippen molar-refractivity contribution >= 4 is 39.3 Å². The van der Waals surface area contributed by atoms with Gasteiger partial charge < -0.3 is 0 Å². The van der Waals surface area contributed by atoms with Gasteiger partial charge in [0.2, 0.25) is 0 Å². The van der Waals surface area contributed by atoms with Crippen molar-refractivity contribution in [3.8, 4) is 6.07 Å². The highest BCUT2D eigenvalue weighted by molar-refractivity contribution is 8.47. The van der Waals surface area contributed by atoms with Gasteiger partial charge >= 0.3 is 0 Å². The van der Waals surface area contributed by atoms with Crippen LogP contribution in [0.5, 0.6) is 0 Å². The van der Waals surface area contributed by atoms with E-state index in [0.717, 1.165) is 9.95 Å². The van der Waals surface area contributed by atoms with Crippen LogP contribution in [0, 0.1) is 11.3 Å². The molecule has 0 N–H and O–H groups in total. The number of nitriles is 1. The first-order valence-corrected chi connectivity index (χ1v) is 5.95. The first-order chi connectivity index (χ1) is 5.52. The molecule has 0 radical (unpaired) electrons. The van der Waals surface area contributed by atoms with E-state index < -0.39 is 0 Å². The van der Waals surface area contributed by atoms with E-state index >= 15 is 0 Å². The topological polar surface area (TPSA) is 23.8 Å². The summed E-state index contributed by atoms with van der Waals surface area (Å²) in [6, 6.07) is 2.06. The summed E-state index contributed by atoms with van der Waals surface area (Å²) >= 11 is 8.25. The van der Waals surface area contributed by atoms with Crippen molar-refractivity contribution in [2.45, 2.75) is 31.9 Å². The summed E-state index contributed by atoms with van der Waals surface area (Å²) in [6.45, 7) is 6.47. The highest BCUT2D eigenvalue weighted by Gasteiger charge is 2.18. The van der Waals surface area contributed by atoms with E-state index in [4.69, 9.17) is 17.5 Å². The third kappa shape index (κ3) is 5.87.